The summed E-state index contributed by atoms with van der Waals surface area (Å²) in [6, 6.07) is 16.3. The molecule has 34 heavy (non-hydrogen) atoms. The van der Waals surface area contributed by atoms with Crippen molar-refractivity contribution in [1.29, 1.82) is 0 Å². The normalized spacial score (nSPS) is 18.0. The number of thiazole rings is 1. The molecule has 1 saturated carbocycles. The molecule has 2 aliphatic rings. The molecule has 9 heteroatoms. The molecule has 0 saturated heterocycles. The van der Waals surface area contributed by atoms with E-state index in [1.165, 1.54) is 11.3 Å². The monoisotopic (exact) mass is 477 g/mol. The number of nitrogens with one attached hydrogen (secondary N) is 2. The molecule has 0 aliphatic heterocycles. The fraction of sp³-hybridized carbons (Fsp3) is 0.280. The van der Waals surface area contributed by atoms with Crippen LogP contribution in [0.3, 0.4) is 0 Å². The standard InChI is InChI=1S/C25H23N3O5S/c29-22(26-11-14-9-20(14)23(30)31)10-15-13-34-24(27-15)28-25(32)33-12-21-18-7-3-1-5-16(18)17-6-2-4-8-19(17)21/h1-8,13-14,20-21H,9-12H2,(H,26,29)(H,30,31)(H,27,28,32)/t14-,20-/m0/s1. The van der Waals surface area contributed by atoms with Gasteiger partial charge < -0.3 is 15.2 Å². The number of carbonyl (C=O) groups is 3. The number of aromatic nitrogens is 1. The number of anilines is 1. The Morgan fingerprint density at radius 3 is 2.38 bits per heavy atom. The van der Waals surface area contributed by atoms with Gasteiger partial charge in [0.1, 0.15) is 6.61 Å². The first-order valence-corrected chi connectivity index (χ1v) is 11.9. The third kappa shape index (κ3) is 4.65. The highest BCUT2D eigenvalue weighted by molar-refractivity contribution is 7.13. The molecule has 2 atom stereocenters. The molecule has 2 aliphatic carbocycles. The molecule has 2 amide bonds. The van der Waals surface area contributed by atoms with Gasteiger partial charge in [0.05, 0.1) is 18.0 Å². The zero-order chi connectivity index (χ0) is 23.7. The fourth-order valence-electron chi connectivity index (χ4n) is 4.41. The van der Waals surface area contributed by atoms with Gasteiger partial charge in [0.15, 0.2) is 5.13 Å². The molecule has 0 spiro atoms. The lowest BCUT2D eigenvalue weighted by molar-refractivity contribution is -0.139. The highest BCUT2D eigenvalue weighted by Gasteiger charge is 2.43. The van der Waals surface area contributed by atoms with Crippen LogP contribution in [-0.4, -0.2) is 41.2 Å². The van der Waals surface area contributed by atoms with Gasteiger partial charge in [-0.05, 0) is 34.6 Å². The molecular weight excluding hydrogens is 454 g/mol. The number of aliphatic carboxylic acids is 1. The highest BCUT2D eigenvalue weighted by atomic mass is 32.1. The Hall–Kier alpha value is -3.72. The van der Waals surface area contributed by atoms with Crippen molar-refractivity contribution < 1.29 is 24.2 Å². The van der Waals surface area contributed by atoms with Gasteiger partial charge in [-0.25, -0.2) is 9.78 Å². The maximum absolute atomic E-state index is 12.4. The van der Waals surface area contributed by atoms with Crippen LogP contribution in [0.2, 0.25) is 0 Å². The quantitative estimate of drug-likeness (QED) is 0.453. The number of hydrogen-bond acceptors (Lipinski definition) is 6. The number of carboxylic acids is 1. The summed E-state index contributed by atoms with van der Waals surface area (Å²) >= 11 is 1.22. The Morgan fingerprint density at radius 2 is 1.74 bits per heavy atom. The molecule has 0 bridgehead atoms. The minimum atomic E-state index is -0.817. The first-order valence-electron chi connectivity index (χ1n) is 11.1. The second-order valence-corrected chi connectivity index (χ2v) is 9.37. The highest BCUT2D eigenvalue weighted by Crippen LogP contribution is 2.44. The van der Waals surface area contributed by atoms with Crippen molar-refractivity contribution in [3.63, 3.8) is 0 Å². The number of carbonyl (C=O) groups excluding carboxylic acids is 2. The lowest BCUT2D eigenvalue weighted by Gasteiger charge is -2.14. The van der Waals surface area contributed by atoms with E-state index in [1.54, 1.807) is 5.38 Å². The summed E-state index contributed by atoms with van der Waals surface area (Å²) in [6.07, 6.45) is 0.0640. The number of nitrogens with zero attached hydrogens (tertiary/aromatic N) is 1. The number of fused-ring (bicyclic) bond motifs is 3. The number of hydrogen-bond donors (Lipinski definition) is 3. The van der Waals surface area contributed by atoms with Crippen LogP contribution in [-0.2, 0) is 20.7 Å². The number of rotatable bonds is 8. The lowest BCUT2D eigenvalue weighted by Crippen LogP contribution is -2.28. The van der Waals surface area contributed by atoms with E-state index < -0.39 is 12.1 Å². The predicted molar refractivity (Wildman–Crippen MR) is 127 cm³/mol. The summed E-state index contributed by atoms with van der Waals surface area (Å²) in [5.74, 6) is -1.42. The van der Waals surface area contributed by atoms with Crippen LogP contribution >= 0.6 is 11.3 Å². The van der Waals surface area contributed by atoms with Crippen molar-refractivity contribution in [1.82, 2.24) is 10.3 Å². The molecule has 1 aromatic heterocycles. The summed E-state index contributed by atoms with van der Waals surface area (Å²) in [7, 11) is 0. The SMILES string of the molecule is O=C(Cc1csc(NC(=O)OCC2c3ccccc3-c3ccccc32)n1)NC[C@@H]1C[C@@H]1C(=O)O. The maximum Gasteiger partial charge on any atom is 0.413 e. The largest absolute Gasteiger partial charge is 0.481 e. The van der Waals surface area contributed by atoms with Crippen LogP contribution in [0.15, 0.2) is 53.9 Å². The average Bonchev–Trinajstić information content (AvgIpc) is 3.39. The van der Waals surface area contributed by atoms with Crippen molar-refractivity contribution in [2.45, 2.75) is 18.8 Å². The number of benzene rings is 2. The van der Waals surface area contributed by atoms with Gasteiger partial charge in [-0.15, -0.1) is 11.3 Å². The second kappa shape index (κ2) is 9.26. The molecular formula is C25H23N3O5S. The van der Waals surface area contributed by atoms with Crippen molar-refractivity contribution in [2.75, 3.05) is 18.5 Å². The first-order chi connectivity index (χ1) is 16.5. The van der Waals surface area contributed by atoms with E-state index in [9.17, 15) is 14.4 Å². The van der Waals surface area contributed by atoms with Crippen LogP contribution in [0, 0.1) is 11.8 Å². The number of ether oxygens (including phenoxy) is 1. The molecule has 1 fully saturated rings. The van der Waals surface area contributed by atoms with E-state index in [-0.39, 0.29) is 36.7 Å². The summed E-state index contributed by atoms with van der Waals surface area (Å²) in [5.41, 5.74) is 5.13. The van der Waals surface area contributed by atoms with E-state index in [2.05, 4.69) is 39.9 Å². The average molecular weight is 478 g/mol. The fourth-order valence-corrected chi connectivity index (χ4v) is 5.11. The molecule has 5 rings (SSSR count). The summed E-state index contributed by atoms with van der Waals surface area (Å²) < 4.78 is 5.52. The lowest BCUT2D eigenvalue weighted by atomic mass is 9.98. The Morgan fingerprint density at radius 1 is 1.06 bits per heavy atom. The Bertz CT molecular complexity index is 1210. The van der Waals surface area contributed by atoms with E-state index >= 15 is 0 Å². The van der Waals surface area contributed by atoms with Crippen molar-refractivity contribution >= 4 is 34.4 Å². The van der Waals surface area contributed by atoms with E-state index in [1.807, 2.05) is 24.3 Å². The Kier molecular flexibility index (Phi) is 6.02. The van der Waals surface area contributed by atoms with Gasteiger partial charge in [0.25, 0.3) is 0 Å². The van der Waals surface area contributed by atoms with Gasteiger partial charge in [-0.3, -0.25) is 14.9 Å². The van der Waals surface area contributed by atoms with E-state index in [0.717, 1.165) is 22.3 Å². The zero-order valence-corrected chi connectivity index (χ0v) is 19.0. The third-order valence-corrected chi connectivity index (χ3v) is 7.05. The summed E-state index contributed by atoms with van der Waals surface area (Å²) in [5, 5.41) is 16.4. The topological polar surface area (TPSA) is 118 Å². The molecule has 8 nitrogen and oxygen atoms in total. The Balaban J connectivity index is 1.12. The van der Waals surface area contributed by atoms with Crippen molar-refractivity contribution in [3.05, 3.63) is 70.7 Å². The van der Waals surface area contributed by atoms with E-state index in [4.69, 9.17) is 9.84 Å². The number of carboxylic acid groups (broad SMARTS) is 1. The minimum absolute atomic E-state index is 0.00248. The molecule has 0 radical (unpaired) electrons. The molecule has 2 aromatic carbocycles. The van der Waals surface area contributed by atoms with Crippen molar-refractivity contribution in [3.8, 4) is 11.1 Å². The maximum atomic E-state index is 12.4. The smallest absolute Gasteiger partial charge is 0.413 e. The van der Waals surface area contributed by atoms with Crippen LogP contribution in [0.5, 0.6) is 0 Å². The van der Waals surface area contributed by atoms with E-state index in [0.29, 0.717) is 23.8 Å². The summed E-state index contributed by atoms with van der Waals surface area (Å²) in [4.78, 5) is 39.6. The molecule has 174 valence electrons. The van der Waals surface area contributed by atoms with Crippen LogP contribution in [0.1, 0.15) is 29.2 Å². The van der Waals surface area contributed by atoms with Crippen molar-refractivity contribution in [2.24, 2.45) is 11.8 Å². The third-order valence-electron chi connectivity index (χ3n) is 6.25. The van der Waals surface area contributed by atoms with Gasteiger partial charge in [-0.2, -0.15) is 0 Å². The predicted octanol–water partition coefficient (Wildman–Crippen LogP) is 3.88. The molecule has 0 unspecified atom stereocenters. The minimum Gasteiger partial charge on any atom is -0.481 e. The van der Waals surface area contributed by atoms with Gasteiger partial charge in [-0.1, -0.05) is 48.5 Å². The van der Waals surface area contributed by atoms with Gasteiger partial charge in [0.2, 0.25) is 5.91 Å². The van der Waals surface area contributed by atoms with Crippen LogP contribution in [0.25, 0.3) is 11.1 Å². The number of amides is 2. The van der Waals surface area contributed by atoms with Crippen LogP contribution in [0.4, 0.5) is 9.93 Å². The molecule has 3 N–H and O–H groups in total. The zero-order valence-electron chi connectivity index (χ0n) is 18.2. The first kappa shape index (κ1) is 22.1. The van der Waals surface area contributed by atoms with Gasteiger partial charge >= 0.3 is 12.1 Å². The second-order valence-electron chi connectivity index (χ2n) is 8.52. The molecule has 3 aromatic rings. The van der Waals surface area contributed by atoms with Gasteiger partial charge in [0, 0.05) is 17.8 Å². The molecule has 1 heterocycles. The Labute approximate surface area is 200 Å². The summed E-state index contributed by atoms with van der Waals surface area (Å²) in [6.45, 7) is 0.559. The van der Waals surface area contributed by atoms with Crippen LogP contribution < -0.4 is 10.6 Å².